The van der Waals surface area contributed by atoms with E-state index in [9.17, 15) is 0 Å². The van der Waals surface area contributed by atoms with Crippen molar-refractivity contribution in [2.24, 2.45) is 82.9 Å². The molecule has 0 N–H and O–H groups in total. The van der Waals surface area contributed by atoms with Crippen molar-refractivity contribution in [3.63, 3.8) is 0 Å². The van der Waals surface area contributed by atoms with Gasteiger partial charge in [0.05, 0.1) is 64.6 Å². The van der Waals surface area contributed by atoms with E-state index in [2.05, 4.69) is 303 Å². The maximum atomic E-state index is 4.25. The van der Waals surface area contributed by atoms with Crippen LogP contribution < -0.4 is 0 Å². The molecule has 0 bridgehead atoms. The van der Waals surface area contributed by atoms with Crippen LogP contribution in [0.5, 0.6) is 0 Å². The Morgan fingerprint density at radius 2 is 0.388 bits per heavy atom. The summed E-state index contributed by atoms with van der Waals surface area (Å²) in [5, 5.41) is 58.3. The molecule has 0 aliphatic heterocycles. The molecular formula is C108H209N21. The van der Waals surface area contributed by atoms with Gasteiger partial charge in [0.15, 0.2) is 0 Å². The number of unbranched alkanes of at least 4 members (excludes halogenated alkanes) is 16. The van der Waals surface area contributed by atoms with Crippen molar-refractivity contribution >= 4 is 0 Å². The molecule has 0 amide bonds. The zero-order valence-electron chi connectivity index (χ0n) is 89.8. The third-order valence-electron chi connectivity index (χ3n) is 23.6. The average molecular weight is 1800 g/mol. The van der Waals surface area contributed by atoms with Gasteiger partial charge in [0, 0.05) is 64.4 Å². The highest BCUT2D eigenvalue weighted by atomic mass is 15.5. The lowest BCUT2D eigenvalue weighted by Gasteiger charge is -2.08. The van der Waals surface area contributed by atoms with Gasteiger partial charge in [0.25, 0.3) is 0 Å². The lowest BCUT2D eigenvalue weighted by molar-refractivity contribution is 0.472. The number of hydrogen-bond donors (Lipinski definition) is 0. The topological polar surface area (TPSA) is 215 Å². The van der Waals surface area contributed by atoms with Gasteiger partial charge in [0.2, 0.25) is 0 Å². The van der Waals surface area contributed by atoms with Crippen LogP contribution in [0.25, 0.3) is 0 Å². The first kappa shape index (κ1) is 121. The van der Waals surface area contributed by atoms with E-state index in [0.29, 0.717) is 5.92 Å². The molecule has 21 nitrogen and oxygen atoms in total. The second kappa shape index (κ2) is 78.3. The normalized spacial score (nSPS) is 11.7. The van der Waals surface area contributed by atoms with Gasteiger partial charge in [-0.1, -0.05) is 391 Å². The molecule has 0 saturated heterocycles. The minimum absolute atomic E-state index is 0.635. The largest absolute Gasteiger partial charge is 0.252 e. The van der Waals surface area contributed by atoms with Gasteiger partial charge in [-0.05, 0) is 211 Å². The second-order valence-corrected chi connectivity index (χ2v) is 44.0. The van der Waals surface area contributed by atoms with Crippen LogP contribution in [-0.2, 0) is 90.8 Å². The fraction of sp³-hybridized carbons (Fsp3) is 0.870. The maximum absolute atomic E-state index is 4.25. The predicted molar refractivity (Wildman–Crippen MR) is 549 cm³/mol. The van der Waals surface area contributed by atoms with E-state index in [4.69, 9.17) is 0 Å². The Labute approximate surface area is 795 Å². The molecule has 0 spiro atoms. The van der Waals surface area contributed by atoms with E-state index < -0.39 is 0 Å². The van der Waals surface area contributed by atoms with Crippen LogP contribution in [0, 0.1) is 82.9 Å². The van der Waals surface area contributed by atoms with Crippen LogP contribution in [-0.4, -0.2) is 105 Å². The Bertz CT molecular complexity index is 3390. The van der Waals surface area contributed by atoms with Gasteiger partial charge < -0.3 is 0 Å². The van der Waals surface area contributed by atoms with E-state index >= 15 is 0 Å². The SMILES string of the molecule is CC(C)CCCCCCc1cn(CCC(C)C)nn1.CC(C)CCCCCCn1nncc1CCC(C)C.CC(C)CCCCCCn1nncc1CCC(C)C.CC(C)CCCCCc1cn(CC(C)C)nn1.CC(C)CCCCCn1nncc1CCCC(C)C.CC(C)CCCCCn1nncc1CCCC(C)C.CC(C)CCCCc1cn(CCC(C)C)nn1. The molecule has 0 radical (unpaired) electrons. The molecule has 7 rings (SSSR count). The van der Waals surface area contributed by atoms with E-state index in [1.165, 1.54) is 267 Å². The molecule has 7 heterocycles. The van der Waals surface area contributed by atoms with Crippen LogP contribution in [0.3, 0.4) is 0 Å². The maximum Gasteiger partial charge on any atom is 0.0827 e. The molecule has 0 unspecified atom stereocenters. The number of aromatic nitrogens is 21. The number of rotatable bonds is 66. The van der Waals surface area contributed by atoms with E-state index in [0.717, 1.165) is 185 Å². The molecule has 0 aliphatic rings. The number of hydrogen-bond acceptors (Lipinski definition) is 14. The van der Waals surface area contributed by atoms with E-state index in [1.54, 1.807) is 0 Å². The van der Waals surface area contributed by atoms with Gasteiger partial charge in [-0.2, -0.15) is 0 Å². The van der Waals surface area contributed by atoms with Crippen LogP contribution in [0.2, 0.25) is 0 Å². The van der Waals surface area contributed by atoms with Crippen LogP contribution >= 0.6 is 0 Å². The number of nitrogens with zero attached hydrogens (tertiary/aromatic N) is 21. The molecule has 7 aromatic rings. The third kappa shape index (κ3) is 73.1. The summed E-state index contributed by atoms with van der Waals surface area (Å²) in [6.45, 7) is 70.8. The van der Waals surface area contributed by atoms with Gasteiger partial charge in [0.1, 0.15) is 0 Å². The summed E-state index contributed by atoms with van der Waals surface area (Å²) in [6, 6.07) is 0. The summed E-state index contributed by atoms with van der Waals surface area (Å²) < 4.78 is 14.4. The van der Waals surface area contributed by atoms with Crippen molar-refractivity contribution in [2.45, 2.75) is 529 Å². The fourth-order valence-corrected chi connectivity index (χ4v) is 15.1. The highest BCUT2D eigenvalue weighted by Gasteiger charge is 2.13. The van der Waals surface area contributed by atoms with Crippen LogP contribution in [0.15, 0.2) is 43.4 Å². The summed E-state index contributed by atoms with van der Waals surface area (Å²) in [7, 11) is 0. The summed E-state index contributed by atoms with van der Waals surface area (Å²) in [6.07, 6.45) is 71.2. The molecule has 7 aromatic heterocycles. The van der Waals surface area contributed by atoms with Crippen molar-refractivity contribution in [3.8, 4) is 0 Å². The van der Waals surface area contributed by atoms with Crippen molar-refractivity contribution in [3.05, 3.63) is 83.2 Å². The van der Waals surface area contributed by atoms with Crippen molar-refractivity contribution < 1.29 is 0 Å². The Balaban J connectivity index is 0.000000753. The smallest absolute Gasteiger partial charge is 0.0827 e. The fourth-order valence-electron chi connectivity index (χ4n) is 15.1. The minimum Gasteiger partial charge on any atom is -0.252 e. The Kier molecular flexibility index (Phi) is 73.5. The van der Waals surface area contributed by atoms with Gasteiger partial charge in [-0.25, -0.2) is 18.7 Å². The summed E-state index contributed by atoms with van der Waals surface area (Å²) >= 11 is 0. The molecule has 746 valence electrons. The number of aryl methyl sites for hydroxylation is 13. The van der Waals surface area contributed by atoms with Gasteiger partial charge in [-0.3, -0.25) is 14.0 Å². The Hall–Kier alpha value is -6.02. The lowest BCUT2D eigenvalue weighted by Crippen LogP contribution is -2.06. The Morgan fingerprint density at radius 3 is 0.659 bits per heavy atom. The first-order chi connectivity index (χ1) is 61.6. The van der Waals surface area contributed by atoms with Crippen molar-refractivity contribution in [1.29, 1.82) is 0 Å². The molecule has 0 fully saturated rings. The zero-order valence-corrected chi connectivity index (χ0v) is 89.8. The molecule has 129 heavy (non-hydrogen) atoms. The highest BCUT2D eigenvalue weighted by molar-refractivity contribution is 4.98. The zero-order chi connectivity index (χ0) is 95.8. The van der Waals surface area contributed by atoms with Crippen molar-refractivity contribution in [2.75, 3.05) is 0 Å². The van der Waals surface area contributed by atoms with Crippen LogP contribution in [0.4, 0.5) is 0 Å². The van der Waals surface area contributed by atoms with Gasteiger partial charge in [-0.15, -0.1) is 35.7 Å². The first-order valence-electron chi connectivity index (χ1n) is 53.8. The average Bonchev–Trinajstić information content (AvgIpc) is 1.75. The van der Waals surface area contributed by atoms with E-state index in [-0.39, 0.29) is 0 Å². The summed E-state index contributed by atoms with van der Waals surface area (Å²) in [5.74, 6) is 11.0. The lowest BCUT2D eigenvalue weighted by atomic mass is 10.0. The van der Waals surface area contributed by atoms with Crippen molar-refractivity contribution in [1.82, 2.24) is 105 Å². The second-order valence-electron chi connectivity index (χ2n) is 44.0. The highest BCUT2D eigenvalue weighted by Crippen LogP contribution is 2.21. The molecular weight excluding hydrogens is 1590 g/mol. The molecule has 21 heteroatoms. The quantitative estimate of drug-likeness (QED) is 0.0324. The Morgan fingerprint density at radius 1 is 0.178 bits per heavy atom. The third-order valence-corrected chi connectivity index (χ3v) is 23.6. The minimum atomic E-state index is 0.635. The summed E-state index contributed by atoms with van der Waals surface area (Å²) in [5.41, 5.74) is 8.68. The molecule has 0 aromatic carbocycles. The van der Waals surface area contributed by atoms with Crippen LogP contribution in [0.1, 0.15) is 478 Å². The summed E-state index contributed by atoms with van der Waals surface area (Å²) in [4.78, 5) is 0. The molecule has 0 saturated carbocycles. The predicted octanol–water partition coefficient (Wildman–Crippen LogP) is 29.8. The molecule has 0 atom stereocenters. The first-order valence-corrected chi connectivity index (χ1v) is 53.8. The van der Waals surface area contributed by atoms with E-state index in [1.807, 2.05) is 38.8 Å². The van der Waals surface area contributed by atoms with Gasteiger partial charge >= 0.3 is 0 Å². The molecule has 0 aliphatic carbocycles. The monoisotopic (exact) mass is 1800 g/mol. The standard InChI is InChI=1S/5C16H31N3.2C14H27N3/c2*1-14(2)9-6-5-7-12-19-16(13-17-18-19)11-8-10-15(3)4;2*1-14(2)9-7-5-6-8-12-19-16(13-17-18-19)11-10-15(3)4;1-14(2)9-7-5-6-8-10-16-13-19(18-17-16)12-11-15(3)4;1-12(2)7-5-6-8-14-11-17(16-15-14)10-9-13(3)4;1-12(2)8-6-5-7-9-14-11-17(16-15-14)10-13(3)4/h5*13-15H,5-12H2,1-4H3;2*11-13H,5-10H2,1-4H3.